The van der Waals surface area contributed by atoms with Gasteiger partial charge in [-0.1, -0.05) is 60.7 Å². The number of benzene rings is 4. The number of ether oxygens (including phenoxy) is 2. The molecule has 4 aromatic carbocycles. The van der Waals surface area contributed by atoms with Crippen LogP contribution in [0.3, 0.4) is 0 Å². The molecule has 0 aliphatic carbocycles. The third-order valence-corrected chi connectivity index (χ3v) is 4.97. The molecule has 0 saturated carbocycles. The van der Waals surface area contributed by atoms with Crippen molar-refractivity contribution in [2.24, 2.45) is 10.4 Å². The normalized spacial score (nSPS) is 11.5. The molecule has 0 amide bonds. The number of nitroso groups, excluding NO2 is 2. The highest BCUT2D eigenvalue weighted by atomic mass is 16.6. The maximum Gasteiger partial charge on any atom is 0.178 e. The summed E-state index contributed by atoms with van der Waals surface area (Å²) in [6.07, 6.45) is 0. The van der Waals surface area contributed by atoms with E-state index in [0.29, 0.717) is 56.6 Å². The van der Waals surface area contributed by atoms with Crippen LogP contribution in [-0.4, -0.2) is 0 Å². The molecule has 1 aliphatic heterocycles. The van der Waals surface area contributed by atoms with Crippen molar-refractivity contribution in [3.63, 3.8) is 0 Å². The molecule has 144 valence electrons. The highest BCUT2D eigenvalue weighted by Gasteiger charge is 2.26. The number of hydrogen-bond acceptors (Lipinski definition) is 6. The van der Waals surface area contributed by atoms with Crippen molar-refractivity contribution in [1.29, 1.82) is 0 Å². The van der Waals surface area contributed by atoms with E-state index in [0.717, 1.165) is 0 Å². The van der Waals surface area contributed by atoms with E-state index in [1.54, 1.807) is 36.4 Å². The maximum absolute atomic E-state index is 11.3. The van der Waals surface area contributed by atoms with Crippen LogP contribution in [0.4, 0.5) is 11.4 Å². The average molecular weight is 394 g/mol. The summed E-state index contributed by atoms with van der Waals surface area (Å²) in [6, 6.07) is 25.1. The van der Waals surface area contributed by atoms with Crippen LogP contribution in [-0.2, 0) is 0 Å². The largest absolute Gasteiger partial charge is 0.449 e. The van der Waals surface area contributed by atoms with Crippen molar-refractivity contribution in [2.45, 2.75) is 0 Å². The number of rotatable bonds is 4. The second-order valence-electron chi connectivity index (χ2n) is 6.69. The van der Waals surface area contributed by atoms with Crippen molar-refractivity contribution >= 4 is 11.4 Å². The predicted octanol–water partition coefficient (Wildman–Crippen LogP) is 7.71. The molecule has 0 bridgehead atoms. The van der Waals surface area contributed by atoms with Gasteiger partial charge in [-0.2, -0.15) is 0 Å². The Labute approximate surface area is 171 Å². The van der Waals surface area contributed by atoms with E-state index in [1.165, 1.54) is 0 Å². The first kappa shape index (κ1) is 17.8. The molecular weight excluding hydrogens is 380 g/mol. The summed E-state index contributed by atoms with van der Waals surface area (Å²) >= 11 is 0. The molecular formula is C24H14N2O4. The molecule has 0 aromatic heterocycles. The molecule has 4 aromatic rings. The van der Waals surface area contributed by atoms with Crippen LogP contribution in [0.2, 0.25) is 0 Å². The van der Waals surface area contributed by atoms with E-state index < -0.39 is 0 Å². The fourth-order valence-corrected chi connectivity index (χ4v) is 3.61. The summed E-state index contributed by atoms with van der Waals surface area (Å²) < 4.78 is 12.4. The van der Waals surface area contributed by atoms with Gasteiger partial charge in [0.2, 0.25) is 0 Å². The van der Waals surface area contributed by atoms with Crippen LogP contribution in [0.25, 0.3) is 22.3 Å². The van der Waals surface area contributed by atoms with Crippen LogP contribution >= 0.6 is 0 Å². The summed E-state index contributed by atoms with van der Waals surface area (Å²) in [5, 5.41) is 6.25. The lowest BCUT2D eigenvalue weighted by molar-refractivity contribution is 0.362. The van der Waals surface area contributed by atoms with Crippen molar-refractivity contribution in [2.75, 3.05) is 0 Å². The Kier molecular flexibility index (Phi) is 4.29. The SMILES string of the molecule is O=Nc1ccccc1-c1cccc2c1Oc1cccc(-c3ccccc3N=O)c1O2. The van der Waals surface area contributed by atoms with Gasteiger partial charge in [-0.05, 0) is 34.6 Å². The van der Waals surface area contributed by atoms with Crippen LogP contribution in [0.15, 0.2) is 95.3 Å². The Morgan fingerprint density at radius 3 is 1.30 bits per heavy atom. The zero-order chi connectivity index (χ0) is 20.5. The summed E-state index contributed by atoms with van der Waals surface area (Å²) in [5.41, 5.74) is 3.36. The van der Waals surface area contributed by atoms with Gasteiger partial charge in [0.25, 0.3) is 0 Å². The summed E-state index contributed by atoms with van der Waals surface area (Å²) in [6.45, 7) is 0. The molecule has 0 fully saturated rings. The van der Waals surface area contributed by atoms with Gasteiger partial charge >= 0.3 is 0 Å². The number of hydrogen-bond donors (Lipinski definition) is 0. The second kappa shape index (κ2) is 7.25. The minimum absolute atomic E-state index is 0.319. The van der Waals surface area contributed by atoms with Crippen LogP contribution < -0.4 is 9.47 Å². The summed E-state index contributed by atoms with van der Waals surface area (Å²) in [7, 11) is 0. The Morgan fingerprint density at radius 2 is 0.867 bits per heavy atom. The first-order valence-electron chi connectivity index (χ1n) is 9.27. The van der Waals surface area contributed by atoms with E-state index in [4.69, 9.17) is 9.47 Å². The fourth-order valence-electron chi connectivity index (χ4n) is 3.61. The van der Waals surface area contributed by atoms with Crippen molar-refractivity contribution in [1.82, 2.24) is 0 Å². The Hall–Kier alpha value is -4.32. The minimum Gasteiger partial charge on any atom is -0.449 e. The van der Waals surface area contributed by atoms with E-state index in [-0.39, 0.29) is 0 Å². The molecule has 0 radical (unpaired) electrons. The predicted molar refractivity (Wildman–Crippen MR) is 115 cm³/mol. The van der Waals surface area contributed by atoms with E-state index in [2.05, 4.69) is 10.4 Å². The average Bonchev–Trinajstić information content (AvgIpc) is 2.82. The Bertz CT molecular complexity index is 1200. The first-order chi connectivity index (χ1) is 14.8. The molecule has 0 N–H and O–H groups in total. The molecule has 1 aliphatic rings. The van der Waals surface area contributed by atoms with E-state index >= 15 is 0 Å². The number of nitrogens with zero attached hydrogens (tertiary/aromatic N) is 2. The molecule has 30 heavy (non-hydrogen) atoms. The van der Waals surface area contributed by atoms with Gasteiger partial charge in [-0.25, -0.2) is 0 Å². The molecule has 0 atom stereocenters. The number of para-hydroxylation sites is 2. The molecule has 6 heteroatoms. The molecule has 1 heterocycles. The van der Waals surface area contributed by atoms with Gasteiger partial charge < -0.3 is 9.47 Å². The maximum atomic E-state index is 11.3. The number of fused-ring (bicyclic) bond motifs is 2. The van der Waals surface area contributed by atoms with Crippen LogP contribution in [0.1, 0.15) is 0 Å². The smallest absolute Gasteiger partial charge is 0.178 e. The van der Waals surface area contributed by atoms with Gasteiger partial charge in [0, 0.05) is 22.3 Å². The highest BCUT2D eigenvalue weighted by Crippen LogP contribution is 2.54. The van der Waals surface area contributed by atoms with Gasteiger partial charge in [0.15, 0.2) is 23.0 Å². The second-order valence-corrected chi connectivity index (χ2v) is 6.69. The zero-order valence-electron chi connectivity index (χ0n) is 15.6. The third-order valence-electron chi connectivity index (χ3n) is 4.97. The first-order valence-corrected chi connectivity index (χ1v) is 9.27. The van der Waals surface area contributed by atoms with Crippen molar-refractivity contribution in [3.8, 4) is 45.3 Å². The van der Waals surface area contributed by atoms with Gasteiger partial charge in [0.1, 0.15) is 11.4 Å². The van der Waals surface area contributed by atoms with E-state index in [1.807, 2.05) is 48.5 Å². The van der Waals surface area contributed by atoms with E-state index in [9.17, 15) is 9.81 Å². The molecule has 0 unspecified atom stereocenters. The van der Waals surface area contributed by atoms with Crippen molar-refractivity contribution < 1.29 is 9.47 Å². The van der Waals surface area contributed by atoms with Gasteiger partial charge in [-0.3, -0.25) is 0 Å². The lowest BCUT2D eigenvalue weighted by Gasteiger charge is -2.25. The molecule has 5 rings (SSSR count). The molecule has 6 nitrogen and oxygen atoms in total. The lowest BCUT2D eigenvalue weighted by atomic mass is 10.00. The van der Waals surface area contributed by atoms with Gasteiger partial charge in [-0.15, -0.1) is 9.81 Å². The van der Waals surface area contributed by atoms with Crippen LogP contribution in [0, 0.1) is 9.81 Å². The summed E-state index contributed by atoms with van der Waals surface area (Å²) in [4.78, 5) is 22.5. The fraction of sp³-hybridized carbons (Fsp3) is 0. The quantitative estimate of drug-likeness (QED) is 0.292. The standard InChI is InChI=1S/C24H14N2O4/c27-25-19-11-3-1-7-15(19)17-9-5-13-21-23(17)29-22-14-6-10-18(24(22)30-21)16-8-2-4-12-20(16)26-28/h1-14H. The van der Waals surface area contributed by atoms with Gasteiger partial charge in [0.05, 0.1) is 0 Å². The topological polar surface area (TPSA) is 77.3 Å². The zero-order valence-corrected chi connectivity index (χ0v) is 15.6. The minimum atomic E-state index is 0.319. The Morgan fingerprint density at radius 1 is 0.467 bits per heavy atom. The van der Waals surface area contributed by atoms with Crippen molar-refractivity contribution in [3.05, 3.63) is 94.7 Å². The van der Waals surface area contributed by atoms with Crippen LogP contribution in [0.5, 0.6) is 23.0 Å². The lowest BCUT2D eigenvalue weighted by Crippen LogP contribution is -2.02. The third kappa shape index (κ3) is 2.82. The monoisotopic (exact) mass is 394 g/mol. The highest BCUT2D eigenvalue weighted by molar-refractivity contribution is 5.86. The Balaban J connectivity index is 1.65. The summed E-state index contributed by atoms with van der Waals surface area (Å²) in [5.74, 6) is 2.01. The molecule has 0 spiro atoms. The molecule has 0 saturated heterocycles.